The maximum absolute atomic E-state index is 14.9. The van der Waals surface area contributed by atoms with Crippen molar-refractivity contribution in [2.24, 2.45) is 0 Å². The molecule has 0 saturated carbocycles. The molecule has 4 aromatic rings. The number of fused-ring (bicyclic) bond motifs is 4. The van der Waals surface area contributed by atoms with E-state index in [1.807, 2.05) is 62.4 Å². The fourth-order valence-corrected chi connectivity index (χ4v) is 8.83. The predicted molar refractivity (Wildman–Crippen MR) is 156 cm³/mol. The van der Waals surface area contributed by atoms with Gasteiger partial charge in [0.15, 0.2) is 0 Å². The molecule has 3 aromatic carbocycles. The third-order valence-corrected chi connectivity index (χ3v) is 10.7. The molecule has 2 aliphatic heterocycles. The Kier molecular flexibility index (Phi) is 6.25. The van der Waals surface area contributed by atoms with Gasteiger partial charge in [-0.25, -0.2) is 0 Å². The molecule has 0 saturated heterocycles. The summed E-state index contributed by atoms with van der Waals surface area (Å²) in [4.78, 5) is 46.0. The molecule has 2 aliphatic rings. The van der Waals surface area contributed by atoms with Crippen molar-refractivity contribution in [1.29, 1.82) is 0 Å². The highest BCUT2D eigenvalue weighted by atomic mass is 32.9. The molecular formula is C30H24N2O4S3. The minimum absolute atomic E-state index is 0.175. The molecule has 0 spiro atoms. The number of rotatable bonds is 5. The van der Waals surface area contributed by atoms with Crippen LogP contribution in [0, 0.1) is 3.82 Å². The van der Waals surface area contributed by atoms with Crippen molar-refractivity contribution in [3.63, 3.8) is 0 Å². The van der Waals surface area contributed by atoms with Gasteiger partial charge >= 0.3 is 0 Å². The lowest BCUT2D eigenvalue weighted by molar-refractivity contribution is -0.123. The van der Waals surface area contributed by atoms with Crippen LogP contribution in [0.3, 0.4) is 0 Å². The number of anilines is 1. The second-order valence-corrected chi connectivity index (χ2v) is 12.8. The number of nitrogens with zero attached hydrogens (tertiary/aromatic N) is 2. The lowest BCUT2D eigenvalue weighted by Gasteiger charge is -2.45. The number of amides is 3. The van der Waals surface area contributed by atoms with Crippen molar-refractivity contribution in [2.45, 2.75) is 31.8 Å². The largest absolute Gasteiger partial charge is 0.495 e. The van der Waals surface area contributed by atoms with Crippen molar-refractivity contribution < 1.29 is 19.1 Å². The van der Waals surface area contributed by atoms with E-state index in [1.54, 1.807) is 46.6 Å². The maximum atomic E-state index is 14.9. The molecule has 6 rings (SSSR count). The van der Waals surface area contributed by atoms with Crippen LogP contribution in [0.2, 0.25) is 0 Å². The lowest BCUT2D eigenvalue weighted by Crippen LogP contribution is -2.57. The van der Waals surface area contributed by atoms with Gasteiger partial charge in [-0.2, -0.15) is 0 Å². The summed E-state index contributed by atoms with van der Waals surface area (Å²) in [6.07, 6.45) is 0.175. The van der Waals surface area contributed by atoms with Crippen molar-refractivity contribution in [2.75, 3.05) is 12.0 Å². The van der Waals surface area contributed by atoms with Gasteiger partial charge in [0.05, 0.1) is 34.3 Å². The van der Waals surface area contributed by atoms with Gasteiger partial charge in [0.2, 0.25) is 0 Å². The van der Waals surface area contributed by atoms with Crippen LogP contribution >= 0.6 is 32.9 Å². The zero-order valence-electron chi connectivity index (χ0n) is 21.5. The summed E-state index contributed by atoms with van der Waals surface area (Å²) in [5.74, 6) is -0.774. The molecule has 0 aliphatic carbocycles. The summed E-state index contributed by atoms with van der Waals surface area (Å²) < 4.78 is 6.52. The summed E-state index contributed by atoms with van der Waals surface area (Å²) >= 11 is 5.72. The number of ether oxygens (including phenoxy) is 1. The molecule has 3 heterocycles. The molecule has 1 atom stereocenters. The number of hydrogen-bond donors (Lipinski definition) is 0. The third-order valence-electron chi connectivity index (χ3n) is 7.37. The van der Waals surface area contributed by atoms with Crippen molar-refractivity contribution in [1.82, 2.24) is 4.90 Å². The molecule has 1 aromatic heterocycles. The van der Waals surface area contributed by atoms with Crippen LogP contribution in [-0.2, 0) is 16.8 Å². The average Bonchev–Trinajstić information content (AvgIpc) is 3.45. The third kappa shape index (κ3) is 3.87. The van der Waals surface area contributed by atoms with E-state index in [9.17, 15) is 14.4 Å². The molecule has 9 heteroatoms. The topological polar surface area (TPSA) is 66.9 Å². The van der Waals surface area contributed by atoms with Crippen LogP contribution in [0.4, 0.5) is 5.69 Å². The van der Waals surface area contributed by atoms with Crippen molar-refractivity contribution in [3.05, 3.63) is 98.2 Å². The van der Waals surface area contributed by atoms with E-state index < -0.39 is 23.4 Å². The van der Waals surface area contributed by atoms with Gasteiger partial charge in [0.1, 0.15) is 15.6 Å². The van der Waals surface area contributed by atoms with E-state index in [4.69, 9.17) is 17.0 Å². The van der Waals surface area contributed by atoms with Gasteiger partial charge in [0.25, 0.3) is 17.7 Å². The molecule has 6 nitrogen and oxygen atoms in total. The normalized spacial score (nSPS) is 16.0. The minimum Gasteiger partial charge on any atom is -0.495 e. The van der Waals surface area contributed by atoms with E-state index in [0.717, 1.165) is 30.3 Å². The Bertz CT molecular complexity index is 1670. The van der Waals surface area contributed by atoms with Gasteiger partial charge in [-0.1, -0.05) is 87.5 Å². The van der Waals surface area contributed by atoms with Crippen molar-refractivity contribution in [3.8, 4) is 16.9 Å². The summed E-state index contributed by atoms with van der Waals surface area (Å²) in [6.45, 7) is 3.94. The van der Waals surface area contributed by atoms with E-state index in [0.29, 0.717) is 22.6 Å². The first-order chi connectivity index (χ1) is 18.8. The first-order valence-corrected chi connectivity index (χ1v) is 15.0. The summed E-state index contributed by atoms with van der Waals surface area (Å²) in [7, 11) is 4.62. The van der Waals surface area contributed by atoms with Crippen molar-refractivity contribution >= 4 is 56.3 Å². The standard InChI is InChI=1S/C30H24N2O4S3/c1-30(2)25-23(29(37)39-38-25)20-14-9-15-22(36-3)24(20)32(30)28(35)21(16-17-10-5-4-6-11-17)31-26(33)18-12-7-8-13-19(18)27(31)34/h4-15,21H,16H2,1-3H3. The first kappa shape index (κ1) is 25.6. The highest BCUT2D eigenvalue weighted by molar-refractivity contribution is 7.80. The molecule has 196 valence electrons. The van der Waals surface area contributed by atoms with Gasteiger partial charge < -0.3 is 4.74 Å². The quantitative estimate of drug-likeness (QED) is 0.151. The smallest absolute Gasteiger partial charge is 0.262 e. The number of carbonyl (C=O) groups is 3. The second-order valence-electron chi connectivity index (χ2n) is 9.98. The number of para-hydroxylation sites is 1. The van der Waals surface area contributed by atoms with Crippen LogP contribution < -0.4 is 9.64 Å². The Hall–Kier alpha value is -3.66. The first-order valence-electron chi connectivity index (χ1n) is 12.4. The molecule has 39 heavy (non-hydrogen) atoms. The Labute approximate surface area is 238 Å². The lowest BCUT2D eigenvalue weighted by atomic mass is 9.86. The minimum atomic E-state index is -1.08. The zero-order chi connectivity index (χ0) is 27.5. The van der Waals surface area contributed by atoms with E-state index >= 15 is 0 Å². The fourth-order valence-electron chi connectivity index (χ4n) is 5.55. The van der Waals surface area contributed by atoms with Gasteiger partial charge in [0, 0.05) is 17.5 Å². The number of methoxy groups -OCH3 is 1. The van der Waals surface area contributed by atoms with E-state index in [-0.39, 0.29) is 12.3 Å². The fraction of sp³-hybridized carbons (Fsp3) is 0.200. The number of hydrogen-bond acceptors (Lipinski definition) is 7. The summed E-state index contributed by atoms with van der Waals surface area (Å²) in [5, 5.41) is 0. The molecule has 0 fully saturated rings. The average molecular weight is 573 g/mol. The van der Waals surface area contributed by atoms with Crippen LogP contribution in [-0.4, -0.2) is 35.8 Å². The number of benzene rings is 3. The number of imide groups is 1. The van der Waals surface area contributed by atoms with E-state index in [1.165, 1.54) is 10.3 Å². The van der Waals surface area contributed by atoms with Gasteiger partial charge in [-0.15, -0.1) is 0 Å². The Balaban J connectivity index is 1.55. The second kappa shape index (κ2) is 9.51. The summed E-state index contributed by atoms with van der Waals surface area (Å²) in [5.41, 5.74) is 2.97. The monoisotopic (exact) mass is 572 g/mol. The summed E-state index contributed by atoms with van der Waals surface area (Å²) in [6, 6.07) is 20.7. The molecule has 0 radical (unpaired) electrons. The zero-order valence-corrected chi connectivity index (χ0v) is 23.9. The molecule has 0 bridgehead atoms. The van der Waals surface area contributed by atoms with Gasteiger partial charge in [-0.3, -0.25) is 24.2 Å². The SMILES string of the molecule is COc1cccc2c1N(C(=O)C(Cc1ccccc1)N1C(=O)c3ccccc3C1=O)C(C)(C)c1ssc(=S)c1-2. The Morgan fingerprint density at radius 2 is 1.51 bits per heavy atom. The van der Waals surface area contributed by atoms with Crippen LogP contribution in [0.1, 0.15) is 45.0 Å². The maximum Gasteiger partial charge on any atom is 0.262 e. The highest BCUT2D eigenvalue weighted by Gasteiger charge is 2.50. The number of carbonyl (C=O) groups excluding carboxylic acids is 3. The van der Waals surface area contributed by atoms with Crippen LogP contribution in [0.25, 0.3) is 11.1 Å². The van der Waals surface area contributed by atoms with E-state index in [2.05, 4.69) is 0 Å². The highest BCUT2D eigenvalue weighted by Crippen LogP contribution is 2.55. The molecule has 0 N–H and O–H groups in total. The van der Waals surface area contributed by atoms with Crippen LogP contribution in [0.15, 0.2) is 72.8 Å². The molecule has 3 amide bonds. The molecule has 1 unspecified atom stereocenters. The van der Waals surface area contributed by atoms with Gasteiger partial charge in [-0.05, 0) is 37.6 Å². The Morgan fingerprint density at radius 3 is 2.15 bits per heavy atom. The Morgan fingerprint density at radius 1 is 0.897 bits per heavy atom. The molecular weight excluding hydrogens is 549 g/mol. The van der Waals surface area contributed by atoms with Crippen LogP contribution in [0.5, 0.6) is 5.75 Å². The predicted octanol–water partition coefficient (Wildman–Crippen LogP) is 6.70.